The number of amides is 1. The van der Waals surface area contributed by atoms with E-state index in [2.05, 4.69) is 10.6 Å². The Labute approximate surface area is 107 Å². The average molecular weight is 280 g/mol. The summed E-state index contributed by atoms with van der Waals surface area (Å²) in [7, 11) is -3.25. The molecular weight excluding hydrogens is 259 g/mol. The molecule has 7 nitrogen and oxygen atoms in total. The first kappa shape index (κ1) is 15.6. The first-order chi connectivity index (χ1) is 8.50. The summed E-state index contributed by atoms with van der Waals surface area (Å²) in [5, 5.41) is 14.7. The maximum Gasteiger partial charge on any atom is 0.349 e. The fraction of sp³-hybridized carbons (Fsp3) is 0.900. The largest absolute Gasteiger partial charge is 0.392 e. The number of hydrogen-bond donors (Lipinski definition) is 3. The first-order valence-corrected chi connectivity index (χ1v) is 7.80. The molecule has 1 amide bonds. The van der Waals surface area contributed by atoms with Crippen LogP contribution in [0.25, 0.3) is 0 Å². The van der Waals surface area contributed by atoms with Crippen LogP contribution < -0.4 is 10.6 Å². The van der Waals surface area contributed by atoms with Gasteiger partial charge in [0, 0.05) is 6.54 Å². The SMILES string of the molecule is CCOP(=O)(CNC(=O)[C@@H]1C[C@@H](O)CN1)OCC. The molecule has 8 heteroatoms. The van der Waals surface area contributed by atoms with Gasteiger partial charge in [0.15, 0.2) is 0 Å². The summed E-state index contributed by atoms with van der Waals surface area (Å²) in [6.07, 6.45) is -0.299. The molecule has 1 heterocycles. The molecular formula is C10H21N2O5P. The second kappa shape index (κ2) is 7.21. The minimum Gasteiger partial charge on any atom is -0.392 e. The molecule has 0 spiro atoms. The van der Waals surface area contributed by atoms with Crippen molar-refractivity contribution in [2.45, 2.75) is 32.4 Å². The highest BCUT2D eigenvalue weighted by Gasteiger charge is 2.30. The molecule has 1 fully saturated rings. The Bertz CT molecular complexity index is 315. The van der Waals surface area contributed by atoms with Crippen molar-refractivity contribution in [2.24, 2.45) is 0 Å². The highest BCUT2D eigenvalue weighted by Crippen LogP contribution is 2.46. The van der Waals surface area contributed by atoms with E-state index in [1.807, 2.05) is 0 Å². The van der Waals surface area contributed by atoms with Crippen LogP contribution in [-0.4, -0.2) is 49.2 Å². The average Bonchev–Trinajstić information content (AvgIpc) is 2.74. The van der Waals surface area contributed by atoms with Crippen LogP contribution in [0.2, 0.25) is 0 Å². The minimum atomic E-state index is -3.25. The molecule has 1 saturated heterocycles. The van der Waals surface area contributed by atoms with Gasteiger partial charge in [0.2, 0.25) is 5.91 Å². The third-order valence-electron chi connectivity index (χ3n) is 2.52. The van der Waals surface area contributed by atoms with E-state index in [0.717, 1.165) is 0 Å². The van der Waals surface area contributed by atoms with Crippen LogP contribution in [0.15, 0.2) is 0 Å². The van der Waals surface area contributed by atoms with Gasteiger partial charge in [0.25, 0.3) is 0 Å². The molecule has 106 valence electrons. The van der Waals surface area contributed by atoms with Crippen molar-refractivity contribution in [3.05, 3.63) is 0 Å². The summed E-state index contributed by atoms with van der Waals surface area (Å²) in [5.41, 5.74) is 0. The van der Waals surface area contributed by atoms with E-state index in [-0.39, 0.29) is 25.4 Å². The number of carbonyl (C=O) groups is 1. The smallest absolute Gasteiger partial charge is 0.349 e. The minimum absolute atomic E-state index is 0.151. The van der Waals surface area contributed by atoms with Gasteiger partial charge in [-0.05, 0) is 20.3 Å². The third kappa shape index (κ3) is 4.66. The van der Waals surface area contributed by atoms with Crippen molar-refractivity contribution in [2.75, 3.05) is 26.0 Å². The van der Waals surface area contributed by atoms with E-state index in [1.54, 1.807) is 13.8 Å². The van der Waals surface area contributed by atoms with E-state index >= 15 is 0 Å². The molecule has 0 aromatic heterocycles. The predicted octanol–water partition coefficient (Wildman–Crippen LogP) is 0.0490. The van der Waals surface area contributed by atoms with Gasteiger partial charge in [-0.15, -0.1) is 0 Å². The number of hydrogen-bond acceptors (Lipinski definition) is 6. The second-order valence-electron chi connectivity index (χ2n) is 4.00. The van der Waals surface area contributed by atoms with Crippen molar-refractivity contribution in [3.63, 3.8) is 0 Å². The summed E-state index contributed by atoms with van der Waals surface area (Å²) in [6.45, 7) is 4.33. The molecule has 3 N–H and O–H groups in total. The molecule has 0 aliphatic carbocycles. The fourth-order valence-electron chi connectivity index (χ4n) is 1.74. The standard InChI is InChI=1S/C10H21N2O5P/c1-3-16-18(15,17-4-2)7-12-10(14)9-5-8(13)6-11-9/h8-9,11,13H,3-7H2,1-2H3,(H,12,14)/t8-,9+/m1/s1. The quantitative estimate of drug-likeness (QED) is 0.570. The Morgan fingerprint density at radius 2 is 2.06 bits per heavy atom. The van der Waals surface area contributed by atoms with Gasteiger partial charge in [0.05, 0.1) is 25.4 Å². The van der Waals surface area contributed by atoms with Crippen LogP contribution in [0.3, 0.4) is 0 Å². The number of aliphatic hydroxyl groups is 1. The van der Waals surface area contributed by atoms with E-state index < -0.39 is 19.7 Å². The highest BCUT2D eigenvalue weighted by molar-refractivity contribution is 7.53. The predicted molar refractivity (Wildman–Crippen MR) is 66.3 cm³/mol. The van der Waals surface area contributed by atoms with E-state index in [9.17, 15) is 14.5 Å². The molecule has 1 aliphatic rings. The zero-order valence-electron chi connectivity index (χ0n) is 10.7. The normalized spacial score (nSPS) is 24.2. The Hall–Kier alpha value is -0.460. The van der Waals surface area contributed by atoms with E-state index in [0.29, 0.717) is 13.0 Å². The summed E-state index contributed by atoms with van der Waals surface area (Å²) in [5.74, 6) is -0.300. The molecule has 0 unspecified atom stereocenters. The molecule has 0 aromatic carbocycles. The van der Waals surface area contributed by atoms with Crippen molar-refractivity contribution >= 4 is 13.5 Å². The van der Waals surface area contributed by atoms with Crippen LogP contribution in [0, 0.1) is 0 Å². The third-order valence-corrected chi connectivity index (χ3v) is 4.37. The fourth-order valence-corrected chi connectivity index (χ4v) is 3.13. The van der Waals surface area contributed by atoms with Gasteiger partial charge < -0.3 is 24.8 Å². The summed E-state index contributed by atoms with van der Waals surface area (Å²) in [6, 6.07) is -0.447. The number of aliphatic hydroxyl groups excluding tert-OH is 1. The highest BCUT2D eigenvalue weighted by atomic mass is 31.2. The maximum atomic E-state index is 12.1. The van der Waals surface area contributed by atoms with E-state index in [1.165, 1.54) is 0 Å². The monoisotopic (exact) mass is 280 g/mol. The Kier molecular flexibility index (Phi) is 6.25. The van der Waals surface area contributed by atoms with E-state index in [4.69, 9.17) is 9.05 Å². The summed E-state index contributed by atoms with van der Waals surface area (Å²) >= 11 is 0. The molecule has 0 radical (unpaired) electrons. The van der Waals surface area contributed by atoms with Gasteiger partial charge in [0.1, 0.15) is 6.29 Å². The molecule has 0 saturated carbocycles. The van der Waals surface area contributed by atoms with Crippen molar-refractivity contribution in [3.8, 4) is 0 Å². The van der Waals surface area contributed by atoms with Crippen LogP contribution in [-0.2, 0) is 18.4 Å². The second-order valence-corrected chi connectivity index (χ2v) is 6.05. The lowest BCUT2D eigenvalue weighted by molar-refractivity contribution is -0.122. The Morgan fingerprint density at radius 1 is 1.44 bits per heavy atom. The van der Waals surface area contributed by atoms with Gasteiger partial charge in [-0.25, -0.2) is 0 Å². The lowest BCUT2D eigenvalue weighted by Gasteiger charge is -2.18. The summed E-state index contributed by atoms with van der Waals surface area (Å²) < 4.78 is 22.2. The molecule has 0 aromatic rings. The zero-order valence-corrected chi connectivity index (χ0v) is 11.6. The Morgan fingerprint density at radius 3 is 2.50 bits per heavy atom. The van der Waals surface area contributed by atoms with Gasteiger partial charge in [-0.2, -0.15) is 0 Å². The van der Waals surface area contributed by atoms with Gasteiger partial charge in [-0.1, -0.05) is 0 Å². The van der Waals surface area contributed by atoms with Crippen LogP contribution >= 0.6 is 7.60 Å². The zero-order chi connectivity index (χ0) is 13.6. The van der Waals surface area contributed by atoms with Gasteiger partial charge in [-0.3, -0.25) is 9.36 Å². The molecule has 0 bridgehead atoms. The molecule has 18 heavy (non-hydrogen) atoms. The Balaban J connectivity index is 2.42. The van der Waals surface area contributed by atoms with Crippen molar-refractivity contribution in [1.82, 2.24) is 10.6 Å². The number of β-amino-alcohol motifs (C(OH)–C–C–N with tert-alkyl or cyclic N) is 1. The molecule has 1 aliphatic heterocycles. The lowest BCUT2D eigenvalue weighted by atomic mass is 10.2. The van der Waals surface area contributed by atoms with Crippen LogP contribution in [0.4, 0.5) is 0 Å². The first-order valence-electron chi connectivity index (χ1n) is 6.08. The van der Waals surface area contributed by atoms with Gasteiger partial charge >= 0.3 is 7.60 Å². The lowest BCUT2D eigenvalue weighted by Crippen LogP contribution is -2.40. The van der Waals surface area contributed by atoms with Crippen LogP contribution in [0.1, 0.15) is 20.3 Å². The molecule has 1 rings (SSSR count). The summed E-state index contributed by atoms with van der Waals surface area (Å²) in [4.78, 5) is 11.7. The van der Waals surface area contributed by atoms with Crippen molar-refractivity contribution < 1.29 is 23.5 Å². The topological polar surface area (TPSA) is 96.9 Å². The number of carbonyl (C=O) groups excluding carboxylic acids is 1. The number of nitrogens with one attached hydrogen (secondary N) is 2. The molecule has 2 atom stereocenters. The number of rotatable bonds is 7. The maximum absolute atomic E-state index is 12.1. The van der Waals surface area contributed by atoms with Crippen LogP contribution in [0.5, 0.6) is 0 Å². The van der Waals surface area contributed by atoms with Crippen molar-refractivity contribution in [1.29, 1.82) is 0 Å².